The molecule has 1 aromatic heterocycles. The van der Waals surface area contributed by atoms with Crippen LogP contribution < -0.4 is 5.32 Å². The SMILES string of the molecule is CCNC(Cc1cc(F)ccc1C)c1ccc(Cl)s1. The van der Waals surface area contributed by atoms with Gasteiger partial charge in [0.25, 0.3) is 0 Å². The van der Waals surface area contributed by atoms with Crippen LogP contribution in [0.25, 0.3) is 0 Å². The van der Waals surface area contributed by atoms with Gasteiger partial charge in [0.05, 0.1) is 4.34 Å². The van der Waals surface area contributed by atoms with E-state index in [1.807, 2.05) is 25.1 Å². The summed E-state index contributed by atoms with van der Waals surface area (Å²) in [7, 11) is 0. The average molecular weight is 298 g/mol. The Kier molecular flexibility index (Phi) is 4.97. The Morgan fingerprint density at radius 1 is 1.32 bits per heavy atom. The van der Waals surface area contributed by atoms with Crippen LogP contribution in [0.2, 0.25) is 4.34 Å². The van der Waals surface area contributed by atoms with Gasteiger partial charge >= 0.3 is 0 Å². The van der Waals surface area contributed by atoms with E-state index in [0.29, 0.717) is 0 Å². The lowest BCUT2D eigenvalue weighted by atomic mass is 10.00. The van der Waals surface area contributed by atoms with E-state index in [-0.39, 0.29) is 11.9 Å². The molecule has 0 aliphatic heterocycles. The van der Waals surface area contributed by atoms with E-state index in [2.05, 4.69) is 12.2 Å². The summed E-state index contributed by atoms with van der Waals surface area (Å²) in [5.41, 5.74) is 2.16. The van der Waals surface area contributed by atoms with Crippen LogP contribution in [0.15, 0.2) is 30.3 Å². The van der Waals surface area contributed by atoms with Crippen LogP contribution in [0.1, 0.15) is 29.0 Å². The quantitative estimate of drug-likeness (QED) is 0.840. The van der Waals surface area contributed by atoms with Gasteiger partial charge in [-0.05, 0) is 55.3 Å². The van der Waals surface area contributed by atoms with Crippen molar-refractivity contribution in [2.75, 3.05) is 6.54 Å². The number of halogens is 2. The number of likely N-dealkylation sites (N-methyl/N-ethyl adjacent to an activating group) is 1. The number of aryl methyl sites for hydroxylation is 1. The summed E-state index contributed by atoms with van der Waals surface area (Å²) in [5, 5.41) is 3.44. The second-order valence-electron chi connectivity index (χ2n) is 4.53. The number of hydrogen-bond donors (Lipinski definition) is 1. The first-order chi connectivity index (χ1) is 9.10. The Balaban J connectivity index is 2.23. The molecule has 0 fully saturated rings. The van der Waals surface area contributed by atoms with E-state index in [0.717, 1.165) is 28.4 Å². The van der Waals surface area contributed by atoms with Crippen LogP contribution in [0, 0.1) is 12.7 Å². The van der Waals surface area contributed by atoms with Gasteiger partial charge in [0, 0.05) is 10.9 Å². The fourth-order valence-corrected chi connectivity index (χ4v) is 3.25. The maximum atomic E-state index is 13.4. The van der Waals surface area contributed by atoms with Gasteiger partial charge in [-0.1, -0.05) is 24.6 Å². The van der Waals surface area contributed by atoms with E-state index < -0.39 is 0 Å². The summed E-state index contributed by atoms with van der Waals surface area (Å²) >= 11 is 7.57. The predicted molar refractivity (Wildman–Crippen MR) is 80.6 cm³/mol. The normalized spacial score (nSPS) is 12.6. The topological polar surface area (TPSA) is 12.0 Å². The summed E-state index contributed by atoms with van der Waals surface area (Å²) in [5.74, 6) is -0.180. The van der Waals surface area contributed by atoms with Crippen LogP contribution >= 0.6 is 22.9 Å². The lowest BCUT2D eigenvalue weighted by Gasteiger charge is -2.17. The lowest BCUT2D eigenvalue weighted by molar-refractivity contribution is 0.553. The van der Waals surface area contributed by atoms with Gasteiger partial charge < -0.3 is 5.32 Å². The van der Waals surface area contributed by atoms with Crippen LogP contribution in [-0.2, 0) is 6.42 Å². The number of rotatable bonds is 5. The van der Waals surface area contributed by atoms with Crippen molar-refractivity contribution >= 4 is 22.9 Å². The van der Waals surface area contributed by atoms with Gasteiger partial charge in [0.15, 0.2) is 0 Å². The Morgan fingerprint density at radius 2 is 2.11 bits per heavy atom. The first-order valence-electron chi connectivity index (χ1n) is 6.33. The summed E-state index contributed by atoms with van der Waals surface area (Å²) in [6.45, 7) is 4.95. The van der Waals surface area contributed by atoms with Crippen molar-refractivity contribution in [3.05, 3.63) is 56.5 Å². The van der Waals surface area contributed by atoms with Crippen molar-refractivity contribution in [2.24, 2.45) is 0 Å². The molecule has 2 rings (SSSR count). The Morgan fingerprint density at radius 3 is 2.74 bits per heavy atom. The summed E-state index contributed by atoms with van der Waals surface area (Å²) in [6.07, 6.45) is 0.772. The van der Waals surface area contributed by atoms with Gasteiger partial charge in [-0.15, -0.1) is 11.3 Å². The molecule has 2 aromatic rings. The first kappa shape index (κ1) is 14.5. The summed E-state index contributed by atoms with van der Waals surface area (Å²) in [4.78, 5) is 1.19. The van der Waals surface area contributed by atoms with Gasteiger partial charge in [-0.25, -0.2) is 4.39 Å². The minimum absolute atomic E-state index is 0.180. The van der Waals surface area contributed by atoms with Crippen molar-refractivity contribution in [3.8, 4) is 0 Å². The number of benzene rings is 1. The molecular weight excluding hydrogens is 281 g/mol. The third-order valence-electron chi connectivity index (χ3n) is 3.12. The molecule has 1 N–H and O–H groups in total. The molecule has 1 heterocycles. The van der Waals surface area contributed by atoms with Gasteiger partial charge in [0.1, 0.15) is 5.82 Å². The fraction of sp³-hybridized carbons (Fsp3) is 0.333. The van der Waals surface area contributed by atoms with Crippen LogP contribution in [0.3, 0.4) is 0 Å². The van der Waals surface area contributed by atoms with Crippen molar-refractivity contribution in [1.82, 2.24) is 5.32 Å². The monoisotopic (exact) mass is 297 g/mol. The van der Waals surface area contributed by atoms with Crippen molar-refractivity contribution in [3.63, 3.8) is 0 Å². The standard InChI is InChI=1S/C15H17ClFNS/c1-3-18-13(14-6-7-15(16)19-14)9-11-8-12(17)5-4-10(11)2/h4-8,13,18H,3,9H2,1-2H3. The Labute approximate surface area is 122 Å². The van der Waals surface area contributed by atoms with E-state index >= 15 is 0 Å². The van der Waals surface area contributed by atoms with Crippen LogP contribution in [0.4, 0.5) is 4.39 Å². The molecule has 0 saturated heterocycles. The van der Waals surface area contributed by atoms with E-state index in [9.17, 15) is 4.39 Å². The maximum Gasteiger partial charge on any atom is 0.123 e. The fourth-order valence-electron chi connectivity index (χ4n) is 2.12. The molecule has 102 valence electrons. The zero-order valence-electron chi connectivity index (χ0n) is 11.0. The van der Waals surface area contributed by atoms with Gasteiger partial charge in [-0.3, -0.25) is 0 Å². The molecule has 0 spiro atoms. The highest BCUT2D eigenvalue weighted by atomic mass is 35.5. The minimum atomic E-state index is -0.180. The minimum Gasteiger partial charge on any atom is -0.309 e. The third kappa shape index (κ3) is 3.78. The van der Waals surface area contributed by atoms with E-state index in [4.69, 9.17) is 11.6 Å². The molecule has 0 aliphatic carbocycles. The summed E-state index contributed by atoms with van der Waals surface area (Å²) in [6, 6.07) is 9.08. The molecular formula is C15H17ClFNS. The zero-order valence-corrected chi connectivity index (χ0v) is 12.6. The molecule has 0 radical (unpaired) electrons. The molecule has 1 unspecified atom stereocenters. The van der Waals surface area contributed by atoms with Gasteiger partial charge in [0.2, 0.25) is 0 Å². The largest absolute Gasteiger partial charge is 0.309 e. The second kappa shape index (κ2) is 6.51. The first-order valence-corrected chi connectivity index (χ1v) is 7.53. The average Bonchev–Trinajstić information content (AvgIpc) is 2.80. The molecule has 4 heteroatoms. The van der Waals surface area contributed by atoms with E-state index in [1.165, 1.54) is 10.9 Å². The third-order valence-corrected chi connectivity index (χ3v) is 4.47. The van der Waals surface area contributed by atoms with Crippen LogP contribution in [-0.4, -0.2) is 6.54 Å². The lowest BCUT2D eigenvalue weighted by Crippen LogP contribution is -2.22. The van der Waals surface area contributed by atoms with Crippen LogP contribution in [0.5, 0.6) is 0 Å². The van der Waals surface area contributed by atoms with Crippen molar-refractivity contribution in [1.29, 1.82) is 0 Å². The number of nitrogens with one attached hydrogen (secondary N) is 1. The molecule has 1 nitrogen and oxygen atoms in total. The summed E-state index contributed by atoms with van der Waals surface area (Å²) < 4.78 is 14.1. The molecule has 0 bridgehead atoms. The second-order valence-corrected chi connectivity index (χ2v) is 6.27. The Hall–Kier alpha value is -0.900. The smallest absolute Gasteiger partial charge is 0.123 e. The molecule has 1 atom stereocenters. The van der Waals surface area contributed by atoms with Crippen molar-refractivity contribution in [2.45, 2.75) is 26.3 Å². The molecule has 0 amide bonds. The Bertz CT molecular complexity index is 553. The highest BCUT2D eigenvalue weighted by molar-refractivity contribution is 7.16. The number of hydrogen-bond acceptors (Lipinski definition) is 2. The maximum absolute atomic E-state index is 13.4. The molecule has 1 aromatic carbocycles. The molecule has 0 aliphatic rings. The molecule has 0 saturated carbocycles. The molecule has 19 heavy (non-hydrogen) atoms. The van der Waals surface area contributed by atoms with E-state index in [1.54, 1.807) is 17.4 Å². The predicted octanol–water partition coefficient (Wildman–Crippen LogP) is 4.74. The zero-order chi connectivity index (χ0) is 13.8. The van der Waals surface area contributed by atoms with Crippen molar-refractivity contribution < 1.29 is 4.39 Å². The highest BCUT2D eigenvalue weighted by Crippen LogP contribution is 2.29. The highest BCUT2D eigenvalue weighted by Gasteiger charge is 2.15. The van der Waals surface area contributed by atoms with Gasteiger partial charge in [-0.2, -0.15) is 0 Å². The number of thiophene rings is 1.